The molecule has 1 saturated heterocycles. The zero-order chi connectivity index (χ0) is 24.4. The van der Waals surface area contributed by atoms with E-state index in [9.17, 15) is 4.79 Å². The lowest BCUT2D eigenvalue weighted by Gasteiger charge is -2.21. The maximum Gasteiger partial charge on any atom is 0.254 e. The number of amides is 1. The predicted molar refractivity (Wildman–Crippen MR) is 130 cm³/mol. The van der Waals surface area contributed by atoms with Crippen molar-refractivity contribution in [3.8, 4) is 35.3 Å². The zero-order valence-electron chi connectivity index (χ0n) is 19.3. The van der Waals surface area contributed by atoms with Crippen molar-refractivity contribution in [3.05, 3.63) is 78.0 Å². The van der Waals surface area contributed by atoms with Gasteiger partial charge in [-0.15, -0.1) is 16.6 Å². The summed E-state index contributed by atoms with van der Waals surface area (Å²) in [6.07, 6.45) is 10.9. The van der Waals surface area contributed by atoms with Gasteiger partial charge in [0, 0.05) is 23.2 Å². The van der Waals surface area contributed by atoms with Gasteiger partial charge in [0.25, 0.3) is 5.91 Å². The van der Waals surface area contributed by atoms with Gasteiger partial charge >= 0.3 is 0 Å². The Hall–Kier alpha value is -4.22. The summed E-state index contributed by atoms with van der Waals surface area (Å²) in [5, 5.41) is 8.47. The molecule has 0 saturated carbocycles. The number of carbonyl (C=O) groups excluding carboxylic acids is 1. The number of aromatic nitrogens is 3. The molecule has 35 heavy (non-hydrogen) atoms. The van der Waals surface area contributed by atoms with E-state index in [-0.39, 0.29) is 17.8 Å². The molecule has 176 valence electrons. The van der Waals surface area contributed by atoms with Crippen LogP contribution in [0.2, 0.25) is 0 Å². The molecule has 1 aliphatic rings. The molecule has 0 radical (unpaired) electrons. The minimum Gasteiger partial charge on any atom is -0.445 e. The molecular formula is C27H25N5O3. The number of benzene rings is 2. The minimum atomic E-state index is -0.874. The number of carbonyl (C=O) groups is 1. The van der Waals surface area contributed by atoms with Crippen LogP contribution in [0, 0.1) is 12.3 Å². The van der Waals surface area contributed by atoms with Gasteiger partial charge < -0.3 is 19.5 Å². The Morgan fingerprint density at radius 1 is 1.20 bits per heavy atom. The van der Waals surface area contributed by atoms with Crippen molar-refractivity contribution < 1.29 is 13.6 Å². The quantitative estimate of drug-likeness (QED) is 0.426. The molecular weight excluding hydrogens is 442 g/mol. The van der Waals surface area contributed by atoms with E-state index in [0.717, 1.165) is 18.4 Å². The molecule has 1 fully saturated rings. The summed E-state index contributed by atoms with van der Waals surface area (Å²) in [6.45, 7) is 2.46. The molecule has 2 atom stereocenters. The van der Waals surface area contributed by atoms with Crippen molar-refractivity contribution in [3.63, 3.8) is 0 Å². The van der Waals surface area contributed by atoms with Crippen LogP contribution in [0.1, 0.15) is 41.6 Å². The van der Waals surface area contributed by atoms with E-state index < -0.39 is 5.54 Å². The normalized spacial score (nSPS) is 17.2. The molecule has 0 aliphatic carbocycles. The van der Waals surface area contributed by atoms with Crippen LogP contribution in [-0.4, -0.2) is 38.6 Å². The van der Waals surface area contributed by atoms with Crippen molar-refractivity contribution in [1.29, 1.82) is 0 Å². The first kappa shape index (κ1) is 22.6. The lowest BCUT2D eigenvalue weighted by atomic mass is 9.94. The summed E-state index contributed by atoms with van der Waals surface area (Å²) in [6, 6.07) is 14.9. The third-order valence-corrected chi connectivity index (χ3v) is 6.14. The standard InChI is InChI=1S/C27H25N5O3/c1-3-22-10-7-12-32(22)25(33)21-15-19(23-29-11-13-34-23)14-20(16-21)24-30-31-26(35-24)27(2,28)17-18-8-5-4-6-9-18/h1,4-6,8-9,11,13-16,22H,7,10,12,17,28H2,2H3/t22-,27+/m0/s1. The molecule has 2 aromatic carbocycles. The zero-order valence-corrected chi connectivity index (χ0v) is 19.3. The van der Waals surface area contributed by atoms with Crippen molar-refractivity contribution in [1.82, 2.24) is 20.1 Å². The van der Waals surface area contributed by atoms with E-state index in [1.54, 1.807) is 29.3 Å². The van der Waals surface area contributed by atoms with Gasteiger partial charge in [-0.3, -0.25) is 4.79 Å². The average molecular weight is 468 g/mol. The highest BCUT2D eigenvalue weighted by Crippen LogP contribution is 2.31. The van der Waals surface area contributed by atoms with Crippen LogP contribution in [0.3, 0.4) is 0 Å². The molecule has 2 aromatic heterocycles. The topological polar surface area (TPSA) is 111 Å². The monoisotopic (exact) mass is 467 g/mol. The van der Waals surface area contributed by atoms with Crippen LogP contribution in [0.4, 0.5) is 0 Å². The van der Waals surface area contributed by atoms with Crippen LogP contribution in [0.5, 0.6) is 0 Å². The Kier molecular flexibility index (Phi) is 5.93. The third-order valence-electron chi connectivity index (χ3n) is 6.14. The Bertz CT molecular complexity index is 1370. The van der Waals surface area contributed by atoms with Gasteiger partial charge in [-0.05, 0) is 49.9 Å². The Morgan fingerprint density at radius 2 is 1.97 bits per heavy atom. The summed E-state index contributed by atoms with van der Waals surface area (Å²) >= 11 is 0. The first-order chi connectivity index (χ1) is 16.9. The SMILES string of the molecule is C#C[C@H]1CCCN1C(=O)c1cc(-c2ncco2)cc(-c2nnc([C@](C)(N)Cc3ccccc3)o2)c1. The Labute approximate surface area is 203 Å². The van der Waals surface area contributed by atoms with Gasteiger partial charge in [-0.1, -0.05) is 36.3 Å². The molecule has 1 aliphatic heterocycles. The lowest BCUT2D eigenvalue weighted by Crippen LogP contribution is -2.35. The molecule has 1 amide bonds. The molecule has 2 N–H and O–H groups in total. The Morgan fingerprint density at radius 3 is 2.69 bits per heavy atom. The first-order valence-electron chi connectivity index (χ1n) is 11.4. The van der Waals surface area contributed by atoms with Gasteiger partial charge in [0.2, 0.25) is 17.7 Å². The van der Waals surface area contributed by atoms with Crippen molar-refractivity contribution in [2.45, 2.75) is 37.8 Å². The molecule has 0 unspecified atom stereocenters. The summed E-state index contributed by atoms with van der Waals surface area (Å²) in [4.78, 5) is 19.3. The Balaban J connectivity index is 1.51. The number of nitrogens with zero attached hydrogens (tertiary/aromatic N) is 4. The van der Waals surface area contributed by atoms with E-state index in [2.05, 4.69) is 21.1 Å². The van der Waals surface area contributed by atoms with Crippen LogP contribution < -0.4 is 5.73 Å². The van der Waals surface area contributed by atoms with E-state index in [4.69, 9.17) is 21.0 Å². The van der Waals surface area contributed by atoms with Gasteiger partial charge in [0.15, 0.2) is 0 Å². The van der Waals surface area contributed by atoms with Gasteiger partial charge in [-0.25, -0.2) is 4.98 Å². The second kappa shape index (κ2) is 9.20. The highest BCUT2D eigenvalue weighted by Gasteiger charge is 2.31. The van der Waals surface area contributed by atoms with Crippen molar-refractivity contribution >= 4 is 5.91 Å². The maximum atomic E-state index is 13.4. The van der Waals surface area contributed by atoms with E-state index in [0.29, 0.717) is 41.4 Å². The molecule has 8 heteroatoms. The van der Waals surface area contributed by atoms with Crippen LogP contribution in [0.15, 0.2) is 69.8 Å². The van der Waals surface area contributed by atoms with E-state index in [1.165, 1.54) is 6.26 Å². The van der Waals surface area contributed by atoms with E-state index >= 15 is 0 Å². The maximum absolute atomic E-state index is 13.4. The fourth-order valence-electron chi connectivity index (χ4n) is 4.38. The van der Waals surface area contributed by atoms with Gasteiger partial charge in [0.05, 0.1) is 17.8 Å². The van der Waals surface area contributed by atoms with Crippen LogP contribution >= 0.6 is 0 Å². The van der Waals surface area contributed by atoms with Gasteiger partial charge in [0.1, 0.15) is 6.26 Å². The number of nitrogens with two attached hydrogens (primary N) is 1. The number of rotatable bonds is 6. The molecule has 5 rings (SSSR count). The summed E-state index contributed by atoms with van der Waals surface area (Å²) in [5.74, 6) is 3.49. The smallest absolute Gasteiger partial charge is 0.254 e. The summed E-state index contributed by atoms with van der Waals surface area (Å²) < 4.78 is 11.5. The van der Waals surface area contributed by atoms with Crippen LogP contribution in [0.25, 0.3) is 22.9 Å². The predicted octanol–water partition coefficient (Wildman–Crippen LogP) is 4.05. The van der Waals surface area contributed by atoms with Crippen molar-refractivity contribution in [2.75, 3.05) is 6.54 Å². The lowest BCUT2D eigenvalue weighted by molar-refractivity contribution is 0.0766. The molecule has 0 spiro atoms. The van der Waals surface area contributed by atoms with Crippen molar-refractivity contribution in [2.24, 2.45) is 5.73 Å². The second-order valence-electron chi connectivity index (χ2n) is 8.95. The number of hydrogen-bond acceptors (Lipinski definition) is 7. The average Bonchev–Trinajstić information content (AvgIpc) is 3.65. The molecule has 3 heterocycles. The number of oxazole rings is 1. The summed E-state index contributed by atoms with van der Waals surface area (Å²) in [7, 11) is 0. The highest BCUT2D eigenvalue weighted by molar-refractivity contribution is 5.97. The molecule has 0 bridgehead atoms. The number of hydrogen-bond donors (Lipinski definition) is 1. The van der Waals surface area contributed by atoms with E-state index in [1.807, 2.05) is 37.3 Å². The number of likely N-dealkylation sites (tertiary alicyclic amines) is 1. The second-order valence-corrected chi connectivity index (χ2v) is 8.95. The largest absolute Gasteiger partial charge is 0.445 e. The van der Waals surface area contributed by atoms with Gasteiger partial charge in [-0.2, -0.15) is 0 Å². The summed E-state index contributed by atoms with van der Waals surface area (Å²) in [5.41, 5.74) is 8.37. The highest BCUT2D eigenvalue weighted by atomic mass is 16.4. The number of terminal acetylenes is 1. The first-order valence-corrected chi connectivity index (χ1v) is 11.4. The fourth-order valence-corrected chi connectivity index (χ4v) is 4.38. The minimum absolute atomic E-state index is 0.160. The fraction of sp³-hybridized carbons (Fsp3) is 0.259. The van der Waals surface area contributed by atoms with Crippen LogP contribution in [-0.2, 0) is 12.0 Å². The molecule has 8 nitrogen and oxygen atoms in total. The third kappa shape index (κ3) is 4.59. The molecule has 4 aromatic rings.